The molecule has 6 heteroatoms. The predicted molar refractivity (Wildman–Crippen MR) is 100 cm³/mol. The van der Waals surface area contributed by atoms with E-state index < -0.39 is 6.04 Å². The Hall–Kier alpha value is -2.34. The van der Waals surface area contributed by atoms with Gasteiger partial charge in [0, 0.05) is 0 Å². The van der Waals surface area contributed by atoms with Gasteiger partial charge >= 0.3 is 0 Å². The number of amides is 2. The Morgan fingerprint density at radius 2 is 2.00 bits per heavy atom. The van der Waals surface area contributed by atoms with Gasteiger partial charge in [0.2, 0.25) is 5.91 Å². The van der Waals surface area contributed by atoms with Crippen LogP contribution in [0, 0.1) is 12.8 Å². The van der Waals surface area contributed by atoms with Crippen molar-refractivity contribution in [2.24, 2.45) is 5.92 Å². The zero-order valence-corrected chi connectivity index (χ0v) is 15.6. The third-order valence-corrected chi connectivity index (χ3v) is 4.51. The van der Waals surface area contributed by atoms with Crippen LogP contribution < -0.4 is 15.4 Å². The molecular formula is C19H24N2O3S. The van der Waals surface area contributed by atoms with Crippen molar-refractivity contribution in [2.45, 2.75) is 26.8 Å². The Bertz CT molecular complexity index is 698. The van der Waals surface area contributed by atoms with Crippen LogP contribution in [-0.2, 0) is 4.79 Å². The van der Waals surface area contributed by atoms with E-state index in [4.69, 9.17) is 4.74 Å². The van der Waals surface area contributed by atoms with Crippen LogP contribution in [-0.4, -0.2) is 31.0 Å². The van der Waals surface area contributed by atoms with Gasteiger partial charge in [-0.15, -0.1) is 11.3 Å². The fourth-order valence-corrected chi connectivity index (χ4v) is 2.94. The smallest absolute Gasteiger partial charge is 0.262 e. The Kier molecular flexibility index (Phi) is 7.01. The molecule has 1 aromatic carbocycles. The average Bonchev–Trinajstić information content (AvgIpc) is 3.10. The lowest BCUT2D eigenvalue weighted by Crippen LogP contribution is -2.50. The van der Waals surface area contributed by atoms with Gasteiger partial charge in [-0.05, 0) is 42.0 Å². The molecule has 0 saturated carbocycles. The highest BCUT2D eigenvalue weighted by Crippen LogP contribution is 2.12. The second-order valence-corrected chi connectivity index (χ2v) is 7.08. The summed E-state index contributed by atoms with van der Waals surface area (Å²) in [6.07, 6.45) is 0. The fraction of sp³-hybridized carbons (Fsp3) is 0.368. The van der Waals surface area contributed by atoms with Crippen molar-refractivity contribution in [3.05, 3.63) is 52.2 Å². The molecule has 134 valence electrons. The number of hydrogen-bond acceptors (Lipinski definition) is 4. The zero-order valence-electron chi connectivity index (χ0n) is 14.7. The van der Waals surface area contributed by atoms with Crippen LogP contribution in [0.2, 0.25) is 0 Å². The lowest BCUT2D eigenvalue weighted by Gasteiger charge is -2.21. The molecule has 0 aliphatic rings. The van der Waals surface area contributed by atoms with E-state index in [0.29, 0.717) is 18.0 Å². The van der Waals surface area contributed by atoms with Gasteiger partial charge in [-0.25, -0.2) is 0 Å². The largest absolute Gasteiger partial charge is 0.492 e. The molecule has 1 heterocycles. The van der Waals surface area contributed by atoms with E-state index in [9.17, 15) is 9.59 Å². The molecule has 0 radical (unpaired) electrons. The van der Waals surface area contributed by atoms with E-state index >= 15 is 0 Å². The van der Waals surface area contributed by atoms with E-state index in [1.54, 1.807) is 6.07 Å². The molecule has 0 spiro atoms. The van der Waals surface area contributed by atoms with Crippen molar-refractivity contribution in [1.82, 2.24) is 10.6 Å². The Morgan fingerprint density at radius 1 is 1.20 bits per heavy atom. The number of rotatable bonds is 8. The Morgan fingerprint density at radius 3 is 2.64 bits per heavy atom. The van der Waals surface area contributed by atoms with Crippen LogP contribution in [0.3, 0.4) is 0 Å². The second kappa shape index (κ2) is 9.22. The molecule has 0 aliphatic carbocycles. The van der Waals surface area contributed by atoms with Crippen LogP contribution in [0.5, 0.6) is 5.75 Å². The molecule has 0 fully saturated rings. The number of hydrogen-bond donors (Lipinski definition) is 2. The standard InChI is InChI=1S/C19H24N2O3S/c1-13(2)17(21-18(22)16-8-5-11-25-16)19(23)20-9-10-24-15-7-4-6-14(3)12-15/h4-8,11-13,17H,9-10H2,1-3H3,(H,20,23)(H,21,22). The number of benzene rings is 1. The summed E-state index contributed by atoms with van der Waals surface area (Å²) in [4.78, 5) is 25.1. The maximum Gasteiger partial charge on any atom is 0.262 e. The molecule has 1 atom stereocenters. The van der Waals surface area contributed by atoms with Gasteiger partial charge in [0.05, 0.1) is 11.4 Å². The first-order valence-electron chi connectivity index (χ1n) is 8.29. The third-order valence-electron chi connectivity index (χ3n) is 3.64. The molecule has 0 bridgehead atoms. The molecular weight excluding hydrogens is 336 g/mol. The van der Waals surface area contributed by atoms with Gasteiger partial charge in [0.25, 0.3) is 5.91 Å². The van der Waals surface area contributed by atoms with Crippen LogP contribution in [0.15, 0.2) is 41.8 Å². The molecule has 0 aliphatic heterocycles. The minimum atomic E-state index is -0.575. The quantitative estimate of drug-likeness (QED) is 0.711. The SMILES string of the molecule is Cc1cccc(OCCNC(=O)C(NC(=O)c2cccs2)C(C)C)c1. The van der Waals surface area contributed by atoms with Gasteiger partial charge in [-0.1, -0.05) is 32.0 Å². The van der Waals surface area contributed by atoms with Gasteiger partial charge in [-0.2, -0.15) is 0 Å². The summed E-state index contributed by atoms with van der Waals surface area (Å²) in [5.41, 5.74) is 1.12. The highest BCUT2D eigenvalue weighted by molar-refractivity contribution is 7.12. The molecule has 2 aromatic rings. The van der Waals surface area contributed by atoms with Gasteiger partial charge < -0.3 is 15.4 Å². The number of ether oxygens (including phenoxy) is 1. The van der Waals surface area contributed by atoms with E-state index in [2.05, 4.69) is 10.6 Å². The number of carbonyl (C=O) groups excluding carboxylic acids is 2. The number of nitrogens with one attached hydrogen (secondary N) is 2. The molecule has 5 nitrogen and oxygen atoms in total. The number of thiophene rings is 1. The average molecular weight is 360 g/mol. The molecule has 2 rings (SSSR count). The topological polar surface area (TPSA) is 67.4 Å². The maximum atomic E-state index is 12.4. The van der Waals surface area contributed by atoms with Gasteiger partial charge in [-0.3, -0.25) is 9.59 Å². The summed E-state index contributed by atoms with van der Waals surface area (Å²) < 4.78 is 5.62. The number of aryl methyl sites for hydroxylation is 1. The van der Waals surface area contributed by atoms with E-state index in [0.717, 1.165) is 11.3 Å². The maximum absolute atomic E-state index is 12.4. The molecule has 1 unspecified atom stereocenters. The van der Waals surface area contributed by atoms with Gasteiger partial charge in [0.1, 0.15) is 18.4 Å². The number of carbonyl (C=O) groups is 2. The van der Waals surface area contributed by atoms with Crippen molar-refractivity contribution in [1.29, 1.82) is 0 Å². The summed E-state index contributed by atoms with van der Waals surface area (Å²) in [7, 11) is 0. The summed E-state index contributed by atoms with van der Waals surface area (Å²) in [5.74, 6) is 0.342. The highest BCUT2D eigenvalue weighted by Gasteiger charge is 2.24. The first-order chi connectivity index (χ1) is 12.0. The van der Waals surface area contributed by atoms with Crippen molar-refractivity contribution in [3.63, 3.8) is 0 Å². The first kappa shape index (κ1) is 19.0. The van der Waals surface area contributed by atoms with Crippen molar-refractivity contribution >= 4 is 23.2 Å². The Balaban J connectivity index is 1.80. The van der Waals surface area contributed by atoms with Crippen molar-refractivity contribution < 1.29 is 14.3 Å². The normalized spacial score (nSPS) is 11.8. The van der Waals surface area contributed by atoms with Crippen molar-refractivity contribution in [3.8, 4) is 5.75 Å². The second-order valence-electron chi connectivity index (χ2n) is 6.13. The Labute approximate surface area is 152 Å². The predicted octanol–water partition coefficient (Wildman–Crippen LogP) is 3.01. The summed E-state index contributed by atoms with van der Waals surface area (Å²) >= 11 is 1.35. The molecule has 2 amide bonds. The van der Waals surface area contributed by atoms with E-state index in [1.165, 1.54) is 11.3 Å². The molecule has 0 saturated heterocycles. The van der Waals surface area contributed by atoms with Gasteiger partial charge in [0.15, 0.2) is 0 Å². The fourth-order valence-electron chi connectivity index (χ4n) is 2.31. The first-order valence-corrected chi connectivity index (χ1v) is 9.17. The van der Waals surface area contributed by atoms with E-state index in [-0.39, 0.29) is 17.7 Å². The summed E-state index contributed by atoms with van der Waals surface area (Å²) in [6.45, 7) is 6.56. The highest BCUT2D eigenvalue weighted by atomic mass is 32.1. The van der Waals surface area contributed by atoms with Crippen LogP contribution >= 0.6 is 11.3 Å². The zero-order chi connectivity index (χ0) is 18.2. The monoisotopic (exact) mass is 360 g/mol. The minimum absolute atomic E-state index is 0.0124. The third kappa shape index (κ3) is 5.90. The lowest BCUT2D eigenvalue weighted by molar-refractivity contribution is -0.124. The van der Waals surface area contributed by atoms with E-state index in [1.807, 2.05) is 56.5 Å². The van der Waals surface area contributed by atoms with Crippen LogP contribution in [0.4, 0.5) is 0 Å². The lowest BCUT2D eigenvalue weighted by atomic mass is 10.0. The molecule has 25 heavy (non-hydrogen) atoms. The minimum Gasteiger partial charge on any atom is -0.492 e. The van der Waals surface area contributed by atoms with Crippen molar-refractivity contribution in [2.75, 3.05) is 13.2 Å². The summed E-state index contributed by atoms with van der Waals surface area (Å²) in [5, 5.41) is 7.46. The molecule has 2 N–H and O–H groups in total. The summed E-state index contributed by atoms with van der Waals surface area (Å²) in [6, 6.07) is 10.7. The molecule has 1 aromatic heterocycles. The van der Waals surface area contributed by atoms with Crippen LogP contribution in [0.1, 0.15) is 29.1 Å². The van der Waals surface area contributed by atoms with Crippen LogP contribution in [0.25, 0.3) is 0 Å².